The van der Waals surface area contributed by atoms with Gasteiger partial charge < -0.3 is 4.98 Å². The van der Waals surface area contributed by atoms with Gasteiger partial charge in [-0.3, -0.25) is 9.78 Å². The zero-order chi connectivity index (χ0) is 20.1. The van der Waals surface area contributed by atoms with Crippen molar-refractivity contribution < 1.29 is 13.2 Å². The quantitative estimate of drug-likeness (QED) is 0.573. The molecule has 4 rings (SSSR count). The van der Waals surface area contributed by atoms with E-state index in [0.717, 1.165) is 16.7 Å². The van der Waals surface area contributed by atoms with Gasteiger partial charge in [0.1, 0.15) is 0 Å². The summed E-state index contributed by atoms with van der Waals surface area (Å²) in [5, 5.41) is 1.27. The number of halogens is 3. The Hall–Kier alpha value is -3.68. The number of allylic oxidation sites excluding steroid dienone is 1. The van der Waals surface area contributed by atoms with Crippen LogP contribution in [0.3, 0.4) is 0 Å². The highest BCUT2D eigenvalue weighted by Gasteiger charge is 2.33. The van der Waals surface area contributed by atoms with Gasteiger partial charge >= 0.3 is 11.9 Å². The van der Waals surface area contributed by atoms with Crippen LogP contribution in [0.1, 0.15) is 5.56 Å². The largest absolute Gasteiger partial charge is 0.416 e. The summed E-state index contributed by atoms with van der Waals surface area (Å²) in [5.74, 6) is 0. The summed E-state index contributed by atoms with van der Waals surface area (Å²) in [4.78, 5) is 32.2. The Labute approximate surface area is 155 Å². The lowest BCUT2D eigenvalue weighted by molar-refractivity contribution is -0.0686. The normalized spacial score (nSPS) is 11.8. The van der Waals surface area contributed by atoms with Gasteiger partial charge in [-0.2, -0.15) is 13.2 Å². The summed E-state index contributed by atoms with van der Waals surface area (Å²) in [6, 6.07) is 10.5. The first-order valence-electron chi connectivity index (χ1n) is 8.16. The Bertz CT molecular complexity index is 1360. The van der Waals surface area contributed by atoms with Crippen molar-refractivity contribution in [2.45, 2.75) is 6.18 Å². The number of rotatable bonds is 2. The van der Waals surface area contributed by atoms with E-state index in [4.69, 9.17) is 0 Å². The van der Waals surface area contributed by atoms with Crippen molar-refractivity contribution in [3.63, 3.8) is 0 Å². The molecule has 0 spiro atoms. The van der Waals surface area contributed by atoms with Gasteiger partial charge in [-0.15, -0.1) is 0 Å². The minimum Gasteiger partial charge on any atom is -0.306 e. The van der Waals surface area contributed by atoms with Gasteiger partial charge in [-0.25, -0.2) is 9.36 Å². The molecule has 0 aliphatic heterocycles. The second kappa shape index (κ2) is 6.19. The first kappa shape index (κ1) is 17.7. The van der Waals surface area contributed by atoms with Crippen LogP contribution in [0.4, 0.5) is 13.2 Å². The molecule has 4 aromatic rings. The van der Waals surface area contributed by atoms with Crippen molar-refractivity contribution in [3.05, 3.63) is 87.8 Å². The average molecular weight is 383 g/mol. The Morgan fingerprint density at radius 1 is 1.04 bits per heavy atom. The molecule has 0 saturated carbocycles. The van der Waals surface area contributed by atoms with Crippen molar-refractivity contribution >= 4 is 27.2 Å². The first-order chi connectivity index (χ1) is 13.3. The van der Waals surface area contributed by atoms with Crippen LogP contribution in [0.2, 0.25) is 0 Å². The number of nitrogens with one attached hydrogen (secondary N) is 1. The molecule has 0 fully saturated rings. The van der Waals surface area contributed by atoms with E-state index in [9.17, 15) is 22.8 Å². The lowest BCUT2D eigenvalue weighted by Crippen LogP contribution is -2.33. The minimum atomic E-state index is -4.63. The van der Waals surface area contributed by atoms with E-state index in [2.05, 4.69) is 16.5 Å². The standard InChI is InChI=1S/C20H12F3N3O2/c1-11(20(21,22)23)12-6-7-16-15(8-12)18(27)26(19(28)25-16)17-10-24-9-13-4-2-3-5-14(13)17/h2-10H,1H2,(H,25,28). The maximum Gasteiger partial charge on any atom is 0.416 e. The molecule has 0 bridgehead atoms. The van der Waals surface area contributed by atoms with Gasteiger partial charge in [0, 0.05) is 17.0 Å². The molecule has 0 aliphatic rings. The fourth-order valence-electron chi connectivity index (χ4n) is 3.06. The molecule has 0 saturated heterocycles. The average Bonchev–Trinajstić information content (AvgIpc) is 2.67. The highest BCUT2D eigenvalue weighted by molar-refractivity contribution is 5.90. The minimum absolute atomic E-state index is 0.0598. The molecule has 0 unspecified atom stereocenters. The Balaban J connectivity index is 2.04. The second-order valence-electron chi connectivity index (χ2n) is 6.19. The van der Waals surface area contributed by atoms with E-state index in [1.807, 2.05) is 0 Å². The third-order valence-corrected chi connectivity index (χ3v) is 4.48. The smallest absolute Gasteiger partial charge is 0.306 e. The van der Waals surface area contributed by atoms with Crippen molar-refractivity contribution in [3.8, 4) is 5.69 Å². The molecule has 0 aliphatic carbocycles. The molecule has 1 N–H and O–H groups in total. The Kier molecular flexibility index (Phi) is 3.92. The summed E-state index contributed by atoms with van der Waals surface area (Å²) in [6.07, 6.45) is -1.68. The Morgan fingerprint density at radius 2 is 1.79 bits per heavy atom. The molecule has 2 heterocycles. The molecule has 2 aromatic carbocycles. The van der Waals surface area contributed by atoms with E-state index in [1.54, 1.807) is 30.5 Å². The number of hydrogen-bond donors (Lipinski definition) is 1. The van der Waals surface area contributed by atoms with Crippen molar-refractivity contribution in [1.82, 2.24) is 14.5 Å². The molecule has 0 radical (unpaired) electrons. The molecular weight excluding hydrogens is 371 g/mol. The van der Waals surface area contributed by atoms with Gasteiger partial charge in [-0.1, -0.05) is 36.9 Å². The number of aromatic amines is 1. The zero-order valence-corrected chi connectivity index (χ0v) is 14.2. The molecule has 5 nitrogen and oxygen atoms in total. The Morgan fingerprint density at radius 3 is 2.54 bits per heavy atom. The summed E-state index contributed by atoms with van der Waals surface area (Å²) in [6.45, 7) is 3.06. The van der Waals surface area contributed by atoms with Gasteiger partial charge in [0.05, 0.1) is 28.4 Å². The van der Waals surface area contributed by atoms with E-state index < -0.39 is 23.0 Å². The number of nitrogens with zero attached hydrogens (tertiary/aromatic N) is 2. The number of aromatic nitrogens is 3. The van der Waals surface area contributed by atoms with Crippen molar-refractivity contribution in [2.24, 2.45) is 0 Å². The molecular formula is C20H12F3N3O2. The fourth-order valence-corrected chi connectivity index (χ4v) is 3.06. The summed E-state index contributed by atoms with van der Waals surface area (Å²) < 4.78 is 39.8. The van der Waals surface area contributed by atoms with E-state index in [0.29, 0.717) is 10.8 Å². The number of fused-ring (bicyclic) bond motifs is 2. The van der Waals surface area contributed by atoms with E-state index in [1.165, 1.54) is 12.3 Å². The number of pyridine rings is 1. The SMILES string of the molecule is C=C(c1ccc2[nH]c(=O)n(-c3cncc4ccccc34)c(=O)c2c1)C(F)(F)F. The van der Waals surface area contributed by atoms with Crippen LogP contribution in [0.5, 0.6) is 0 Å². The number of alkyl halides is 3. The maximum absolute atomic E-state index is 13.0. The molecule has 0 amide bonds. The lowest BCUT2D eigenvalue weighted by atomic mass is 10.0. The van der Waals surface area contributed by atoms with Crippen LogP contribution in [0, 0.1) is 0 Å². The third-order valence-electron chi connectivity index (χ3n) is 4.48. The molecule has 0 atom stereocenters. The molecule has 2 aromatic heterocycles. The van der Waals surface area contributed by atoms with Crippen molar-refractivity contribution in [1.29, 1.82) is 0 Å². The highest BCUT2D eigenvalue weighted by atomic mass is 19.4. The van der Waals surface area contributed by atoms with E-state index in [-0.39, 0.29) is 22.2 Å². The van der Waals surface area contributed by atoms with Crippen LogP contribution in [0.15, 0.2) is 71.0 Å². The number of H-pyrrole nitrogens is 1. The van der Waals surface area contributed by atoms with E-state index >= 15 is 0 Å². The topological polar surface area (TPSA) is 67.8 Å². The molecule has 28 heavy (non-hydrogen) atoms. The third kappa shape index (κ3) is 2.79. The summed E-state index contributed by atoms with van der Waals surface area (Å²) >= 11 is 0. The monoisotopic (exact) mass is 383 g/mol. The van der Waals surface area contributed by atoms with Gasteiger partial charge in [0.25, 0.3) is 5.56 Å². The number of benzene rings is 2. The number of hydrogen-bond acceptors (Lipinski definition) is 3. The van der Waals surface area contributed by atoms with Crippen LogP contribution < -0.4 is 11.2 Å². The zero-order valence-electron chi connectivity index (χ0n) is 14.2. The van der Waals surface area contributed by atoms with Gasteiger partial charge in [-0.05, 0) is 17.7 Å². The first-order valence-corrected chi connectivity index (χ1v) is 8.16. The lowest BCUT2D eigenvalue weighted by Gasteiger charge is -2.12. The van der Waals surface area contributed by atoms with Crippen LogP contribution >= 0.6 is 0 Å². The second-order valence-corrected chi connectivity index (χ2v) is 6.19. The van der Waals surface area contributed by atoms with Crippen molar-refractivity contribution in [2.75, 3.05) is 0 Å². The maximum atomic E-state index is 13.0. The molecule has 140 valence electrons. The van der Waals surface area contributed by atoms with Gasteiger partial charge in [0.2, 0.25) is 0 Å². The van der Waals surface area contributed by atoms with Gasteiger partial charge in [0.15, 0.2) is 0 Å². The fraction of sp³-hybridized carbons (Fsp3) is 0.0500. The van der Waals surface area contributed by atoms with Crippen LogP contribution in [-0.4, -0.2) is 20.7 Å². The molecule has 8 heteroatoms. The van der Waals surface area contributed by atoms with Crippen LogP contribution in [-0.2, 0) is 0 Å². The predicted octanol–water partition coefficient (Wildman–Crippen LogP) is 3.80. The summed E-state index contributed by atoms with van der Waals surface area (Å²) in [7, 11) is 0. The van der Waals surface area contributed by atoms with Crippen LogP contribution in [0.25, 0.3) is 32.9 Å². The predicted molar refractivity (Wildman–Crippen MR) is 101 cm³/mol. The summed E-state index contributed by atoms with van der Waals surface area (Å²) in [5.41, 5.74) is -2.39. The highest BCUT2D eigenvalue weighted by Crippen LogP contribution is 2.32.